The van der Waals surface area contributed by atoms with E-state index in [1.807, 2.05) is 0 Å². The molecule has 3 heteroatoms. The van der Waals surface area contributed by atoms with Gasteiger partial charge >= 0.3 is 0 Å². The van der Waals surface area contributed by atoms with E-state index in [1.165, 1.54) is 26.1 Å². The Bertz CT molecular complexity index is 125. The Morgan fingerprint density at radius 2 is 2.25 bits per heavy atom. The first kappa shape index (κ1) is 9.96. The van der Waals surface area contributed by atoms with Crippen molar-refractivity contribution in [3.63, 3.8) is 0 Å². The molecule has 0 aliphatic carbocycles. The molecule has 1 heterocycles. The minimum atomic E-state index is 0.757. The minimum Gasteiger partial charge on any atom is -0.330 e. The van der Waals surface area contributed by atoms with Crippen LogP contribution < -0.4 is 5.73 Å². The molecule has 0 aromatic carbocycles. The van der Waals surface area contributed by atoms with Gasteiger partial charge in [-0.15, -0.1) is 0 Å². The van der Waals surface area contributed by atoms with Crippen LogP contribution in [0.25, 0.3) is 0 Å². The highest BCUT2D eigenvalue weighted by molar-refractivity contribution is 4.76. The topological polar surface area (TPSA) is 32.5 Å². The van der Waals surface area contributed by atoms with E-state index in [2.05, 4.69) is 23.9 Å². The van der Waals surface area contributed by atoms with Gasteiger partial charge in [-0.3, -0.25) is 0 Å². The lowest BCUT2D eigenvalue weighted by atomic mass is 10.1. The third kappa shape index (κ3) is 3.09. The highest BCUT2D eigenvalue weighted by Crippen LogP contribution is 2.13. The third-order valence-corrected chi connectivity index (χ3v) is 2.57. The summed E-state index contributed by atoms with van der Waals surface area (Å²) in [6, 6.07) is 0. The van der Waals surface area contributed by atoms with E-state index >= 15 is 0 Å². The smallest absolute Gasteiger partial charge is 0.0109 e. The van der Waals surface area contributed by atoms with Gasteiger partial charge in [-0.1, -0.05) is 0 Å². The fourth-order valence-electron chi connectivity index (χ4n) is 1.65. The molecule has 1 saturated heterocycles. The van der Waals surface area contributed by atoms with Crippen molar-refractivity contribution in [2.24, 2.45) is 11.7 Å². The van der Waals surface area contributed by atoms with Gasteiger partial charge in [-0.2, -0.15) is 0 Å². The molecule has 0 aromatic heterocycles. The summed E-state index contributed by atoms with van der Waals surface area (Å²) < 4.78 is 0. The summed E-state index contributed by atoms with van der Waals surface area (Å²) in [7, 11) is 4.24. The summed E-state index contributed by atoms with van der Waals surface area (Å²) in [5, 5.41) is 0. The molecule has 0 spiro atoms. The van der Waals surface area contributed by atoms with Gasteiger partial charge in [0.2, 0.25) is 0 Å². The van der Waals surface area contributed by atoms with Gasteiger partial charge < -0.3 is 15.5 Å². The number of nitrogens with two attached hydrogens (primary N) is 1. The molecule has 3 nitrogen and oxygen atoms in total. The number of rotatable bonds is 4. The average molecular weight is 171 g/mol. The van der Waals surface area contributed by atoms with Crippen molar-refractivity contribution >= 4 is 0 Å². The molecule has 0 amide bonds. The molecular weight excluding hydrogens is 150 g/mol. The second kappa shape index (κ2) is 4.80. The number of nitrogens with zero attached hydrogens (tertiary/aromatic N) is 2. The lowest BCUT2D eigenvalue weighted by Gasteiger charge is -2.18. The lowest BCUT2D eigenvalue weighted by molar-refractivity contribution is 0.276. The summed E-state index contributed by atoms with van der Waals surface area (Å²) in [6.45, 7) is 5.68. The lowest BCUT2D eigenvalue weighted by Crippen LogP contribution is -2.30. The van der Waals surface area contributed by atoms with Crippen LogP contribution >= 0.6 is 0 Å². The molecule has 2 N–H and O–H groups in total. The second-order valence-corrected chi connectivity index (χ2v) is 3.99. The molecule has 12 heavy (non-hydrogen) atoms. The van der Waals surface area contributed by atoms with Crippen LogP contribution in [0.1, 0.15) is 6.42 Å². The predicted molar refractivity (Wildman–Crippen MR) is 52.2 cm³/mol. The van der Waals surface area contributed by atoms with Crippen molar-refractivity contribution in [3.05, 3.63) is 0 Å². The van der Waals surface area contributed by atoms with Gasteiger partial charge in [0.05, 0.1) is 0 Å². The molecule has 0 unspecified atom stereocenters. The van der Waals surface area contributed by atoms with Gasteiger partial charge in [-0.25, -0.2) is 0 Å². The Labute approximate surface area is 75.5 Å². The monoisotopic (exact) mass is 171 g/mol. The third-order valence-electron chi connectivity index (χ3n) is 2.57. The van der Waals surface area contributed by atoms with Crippen molar-refractivity contribution in [2.45, 2.75) is 6.42 Å². The maximum Gasteiger partial charge on any atom is 0.0109 e. The Morgan fingerprint density at radius 1 is 1.50 bits per heavy atom. The van der Waals surface area contributed by atoms with Crippen LogP contribution in [0.4, 0.5) is 0 Å². The van der Waals surface area contributed by atoms with Crippen LogP contribution in [-0.4, -0.2) is 56.6 Å². The Hall–Kier alpha value is -0.120. The van der Waals surface area contributed by atoms with Crippen molar-refractivity contribution in [1.82, 2.24) is 9.80 Å². The van der Waals surface area contributed by atoms with E-state index in [4.69, 9.17) is 5.73 Å². The van der Waals surface area contributed by atoms with E-state index in [1.54, 1.807) is 0 Å². The van der Waals surface area contributed by atoms with Gasteiger partial charge in [-0.05, 0) is 39.5 Å². The van der Waals surface area contributed by atoms with Crippen LogP contribution in [0.5, 0.6) is 0 Å². The molecule has 0 aromatic rings. The first-order valence-electron chi connectivity index (χ1n) is 4.79. The normalized spacial score (nSPS) is 25.5. The second-order valence-electron chi connectivity index (χ2n) is 3.99. The molecule has 1 aliphatic heterocycles. The molecule has 0 radical (unpaired) electrons. The zero-order chi connectivity index (χ0) is 8.97. The highest BCUT2D eigenvalue weighted by atomic mass is 15.2. The molecule has 1 aliphatic rings. The zero-order valence-corrected chi connectivity index (χ0v) is 8.29. The molecular formula is C9H21N3. The van der Waals surface area contributed by atoms with Crippen LogP contribution in [0.15, 0.2) is 0 Å². The molecule has 0 bridgehead atoms. The largest absolute Gasteiger partial charge is 0.330 e. The van der Waals surface area contributed by atoms with Crippen molar-refractivity contribution in [3.8, 4) is 0 Å². The maximum atomic E-state index is 5.61. The summed E-state index contributed by atoms with van der Waals surface area (Å²) in [6.07, 6.45) is 1.30. The predicted octanol–water partition coefficient (Wildman–Crippen LogP) is -0.171. The molecule has 0 saturated carbocycles. The van der Waals surface area contributed by atoms with E-state index in [0.717, 1.165) is 19.0 Å². The van der Waals surface area contributed by atoms with Gasteiger partial charge in [0.15, 0.2) is 0 Å². The Balaban J connectivity index is 2.11. The van der Waals surface area contributed by atoms with Crippen LogP contribution in [-0.2, 0) is 0 Å². The summed E-state index contributed by atoms with van der Waals surface area (Å²) >= 11 is 0. The number of likely N-dealkylation sites (N-methyl/N-ethyl adjacent to an activating group) is 1. The van der Waals surface area contributed by atoms with Gasteiger partial charge in [0, 0.05) is 19.6 Å². The van der Waals surface area contributed by atoms with Crippen molar-refractivity contribution in [1.29, 1.82) is 0 Å². The molecule has 1 rings (SSSR count). The summed E-state index contributed by atoms with van der Waals surface area (Å²) in [5.41, 5.74) is 5.61. The van der Waals surface area contributed by atoms with E-state index in [9.17, 15) is 0 Å². The van der Waals surface area contributed by atoms with Crippen molar-refractivity contribution in [2.75, 3.05) is 46.8 Å². The summed E-state index contributed by atoms with van der Waals surface area (Å²) in [5.74, 6) is 0.757. The molecule has 72 valence electrons. The minimum absolute atomic E-state index is 0.757. The summed E-state index contributed by atoms with van der Waals surface area (Å²) in [4.78, 5) is 4.74. The average Bonchev–Trinajstić information content (AvgIpc) is 2.48. The van der Waals surface area contributed by atoms with Gasteiger partial charge in [0.1, 0.15) is 0 Å². The zero-order valence-electron chi connectivity index (χ0n) is 8.29. The SMILES string of the molecule is CN(C)CCN1CC[C@H](CN)C1. The fraction of sp³-hybridized carbons (Fsp3) is 1.00. The van der Waals surface area contributed by atoms with E-state index < -0.39 is 0 Å². The van der Waals surface area contributed by atoms with Crippen molar-refractivity contribution < 1.29 is 0 Å². The first-order valence-corrected chi connectivity index (χ1v) is 4.79. The Morgan fingerprint density at radius 3 is 2.75 bits per heavy atom. The molecule has 1 atom stereocenters. The number of hydrogen-bond acceptors (Lipinski definition) is 3. The van der Waals surface area contributed by atoms with E-state index in [0.29, 0.717) is 0 Å². The van der Waals surface area contributed by atoms with Crippen LogP contribution in [0.2, 0.25) is 0 Å². The van der Waals surface area contributed by atoms with E-state index in [-0.39, 0.29) is 0 Å². The van der Waals surface area contributed by atoms with Gasteiger partial charge in [0.25, 0.3) is 0 Å². The van der Waals surface area contributed by atoms with Crippen LogP contribution in [0.3, 0.4) is 0 Å². The quantitative estimate of drug-likeness (QED) is 0.637. The number of hydrogen-bond donors (Lipinski definition) is 1. The van der Waals surface area contributed by atoms with Crippen LogP contribution in [0, 0.1) is 5.92 Å². The standard InChI is InChI=1S/C9H21N3/c1-11(2)5-6-12-4-3-9(7-10)8-12/h9H,3-8,10H2,1-2H3/t9-/m1/s1. The Kier molecular flexibility index (Phi) is 3.98. The first-order chi connectivity index (χ1) is 5.72. The fourth-order valence-corrected chi connectivity index (χ4v) is 1.65. The number of likely N-dealkylation sites (tertiary alicyclic amines) is 1. The highest BCUT2D eigenvalue weighted by Gasteiger charge is 2.20. The molecule has 1 fully saturated rings. The maximum absolute atomic E-state index is 5.61.